The molecule has 2 aromatic heterocycles. The van der Waals surface area contributed by atoms with Crippen molar-refractivity contribution in [2.45, 2.75) is 20.4 Å². The number of aromatic nitrogens is 2. The maximum absolute atomic E-state index is 12.5. The molecule has 6 nitrogen and oxygen atoms in total. The molecule has 0 radical (unpaired) electrons. The van der Waals surface area contributed by atoms with Crippen molar-refractivity contribution in [3.63, 3.8) is 0 Å². The van der Waals surface area contributed by atoms with Crippen LogP contribution in [0.4, 0.5) is 4.79 Å². The van der Waals surface area contributed by atoms with Crippen molar-refractivity contribution in [2.75, 3.05) is 7.11 Å². The highest BCUT2D eigenvalue weighted by molar-refractivity contribution is 7.14. The van der Waals surface area contributed by atoms with Gasteiger partial charge in [0.15, 0.2) is 0 Å². The molecule has 1 aromatic carbocycles. The number of fused-ring (bicyclic) bond motifs is 1. The number of ether oxygens (including phenoxy) is 1. The highest BCUT2D eigenvalue weighted by Crippen LogP contribution is 2.19. The number of pyridine rings is 1. The molecule has 7 heteroatoms. The van der Waals surface area contributed by atoms with Crippen LogP contribution in [-0.2, 0) is 6.54 Å². The average molecular weight is 343 g/mol. The van der Waals surface area contributed by atoms with Crippen molar-refractivity contribution < 1.29 is 9.53 Å². The van der Waals surface area contributed by atoms with E-state index < -0.39 is 6.03 Å². The van der Waals surface area contributed by atoms with Crippen LogP contribution < -0.4 is 15.6 Å². The summed E-state index contributed by atoms with van der Waals surface area (Å²) in [6.07, 6.45) is 0. The van der Waals surface area contributed by atoms with Crippen LogP contribution in [0.3, 0.4) is 0 Å². The van der Waals surface area contributed by atoms with E-state index in [1.807, 2.05) is 44.2 Å². The zero-order chi connectivity index (χ0) is 17.3. The van der Waals surface area contributed by atoms with Gasteiger partial charge >= 0.3 is 6.03 Å². The summed E-state index contributed by atoms with van der Waals surface area (Å²) in [4.78, 5) is 29.7. The van der Waals surface area contributed by atoms with Gasteiger partial charge in [-0.3, -0.25) is 4.79 Å². The number of hydrogen-bond donors (Lipinski definition) is 1. The summed E-state index contributed by atoms with van der Waals surface area (Å²) >= 11 is 1.06. The van der Waals surface area contributed by atoms with Gasteiger partial charge in [0.05, 0.1) is 12.5 Å². The van der Waals surface area contributed by atoms with Crippen LogP contribution >= 0.6 is 11.5 Å². The Morgan fingerprint density at radius 1 is 1.29 bits per heavy atom. The fourth-order valence-corrected chi connectivity index (χ4v) is 3.50. The normalized spacial score (nSPS) is 10.8. The monoisotopic (exact) mass is 343 g/mol. The molecule has 0 bridgehead atoms. The van der Waals surface area contributed by atoms with E-state index in [0.717, 1.165) is 38.1 Å². The molecule has 3 rings (SSSR count). The van der Waals surface area contributed by atoms with Gasteiger partial charge in [-0.05, 0) is 54.7 Å². The SMILES string of the molecule is COc1ccc(CNC(=O)n2sc3nc(C)cc(C)c3c2=O)cc1. The summed E-state index contributed by atoms with van der Waals surface area (Å²) in [5.41, 5.74) is 2.25. The first-order valence-electron chi connectivity index (χ1n) is 7.41. The van der Waals surface area contributed by atoms with Crippen molar-refractivity contribution >= 4 is 27.8 Å². The average Bonchev–Trinajstić information content (AvgIpc) is 2.90. The lowest BCUT2D eigenvalue weighted by Crippen LogP contribution is -2.32. The smallest absolute Gasteiger partial charge is 0.338 e. The molecule has 0 unspecified atom stereocenters. The van der Waals surface area contributed by atoms with E-state index in [9.17, 15) is 9.59 Å². The van der Waals surface area contributed by atoms with Gasteiger partial charge in [0.2, 0.25) is 0 Å². The minimum absolute atomic E-state index is 0.327. The first-order chi connectivity index (χ1) is 11.5. The number of benzene rings is 1. The molecule has 0 fully saturated rings. The standard InChI is InChI=1S/C17H17N3O3S/c1-10-8-11(2)19-15-14(10)16(21)20(24-15)17(22)18-9-12-4-6-13(23-3)7-5-12/h4-8H,9H2,1-3H3,(H,18,22). The molecule has 0 aliphatic heterocycles. The Kier molecular flexibility index (Phi) is 4.35. The Bertz CT molecular complexity index is 958. The van der Waals surface area contributed by atoms with E-state index in [4.69, 9.17) is 4.74 Å². The third-order valence-corrected chi connectivity index (χ3v) is 4.66. The van der Waals surface area contributed by atoms with E-state index >= 15 is 0 Å². The molecule has 3 aromatic rings. The lowest BCUT2D eigenvalue weighted by atomic mass is 10.2. The Morgan fingerprint density at radius 2 is 2.00 bits per heavy atom. The minimum Gasteiger partial charge on any atom is -0.497 e. The van der Waals surface area contributed by atoms with Gasteiger partial charge in [-0.25, -0.2) is 9.78 Å². The van der Waals surface area contributed by atoms with Crippen molar-refractivity contribution in [3.8, 4) is 5.75 Å². The van der Waals surface area contributed by atoms with Crippen LogP contribution in [-0.4, -0.2) is 22.1 Å². The highest BCUT2D eigenvalue weighted by atomic mass is 32.1. The van der Waals surface area contributed by atoms with Crippen molar-refractivity contribution in [3.05, 3.63) is 57.5 Å². The van der Waals surface area contributed by atoms with Crippen molar-refractivity contribution in [1.82, 2.24) is 14.3 Å². The zero-order valence-corrected chi connectivity index (χ0v) is 14.4. The number of carbonyl (C=O) groups is 1. The second kappa shape index (κ2) is 6.45. The molecule has 1 amide bonds. The first-order valence-corrected chi connectivity index (χ1v) is 8.18. The van der Waals surface area contributed by atoms with Crippen LogP contribution in [0.2, 0.25) is 0 Å². The van der Waals surface area contributed by atoms with E-state index in [-0.39, 0.29) is 5.56 Å². The number of aryl methyl sites for hydroxylation is 2. The van der Waals surface area contributed by atoms with Crippen LogP contribution in [0.15, 0.2) is 35.1 Å². The van der Waals surface area contributed by atoms with Gasteiger partial charge in [-0.15, -0.1) is 0 Å². The van der Waals surface area contributed by atoms with E-state index in [1.54, 1.807) is 7.11 Å². The number of rotatable bonds is 3. The number of hydrogen-bond acceptors (Lipinski definition) is 5. The maximum atomic E-state index is 12.5. The molecule has 124 valence electrons. The lowest BCUT2D eigenvalue weighted by Gasteiger charge is -2.05. The van der Waals surface area contributed by atoms with Gasteiger partial charge in [0, 0.05) is 12.2 Å². The van der Waals surface area contributed by atoms with E-state index in [2.05, 4.69) is 10.3 Å². The summed E-state index contributed by atoms with van der Waals surface area (Å²) in [5.74, 6) is 0.753. The van der Waals surface area contributed by atoms with Crippen LogP contribution in [0.5, 0.6) is 5.75 Å². The van der Waals surface area contributed by atoms with Crippen LogP contribution in [0.25, 0.3) is 10.2 Å². The second-order valence-corrected chi connectivity index (χ2v) is 6.39. The Morgan fingerprint density at radius 3 is 2.67 bits per heavy atom. The quantitative estimate of drug-likeness (QED) is 0.794. The summed E-state index contributed by atoms with van der Waals surface area (Å²) in [7, 11) is 1.60. The third-order valence-electron chi connectivity index (χ3n) is 3.67. The number of carbonyl (C=O) groups excluding carboxylic acids is 1. The number of nitrogens with zero attached hydrogens (tertiary/aromatic N) is 2. The molecule has 0 spiro atoms. The Balaban J connectivity index is 1.82. The fraction of sp³-hybridized carbons (Fsp3) is 0.235. The van der Waals surface area contributed by atoms with Crippen molar-refractivity contribution in [2.24, 2.45) is 0 Å². The van der Waals surface area contributed by atoms with Gasteiger partial charge in [0.25, 0.3) is 5.56 Å². The fourth-order valence-electron chi connectivity index (χ4n) is 2.48. The minimum atomic E-state index is -0.448. The zero-order valence-electron chi connectivity index (χ0n) is 13.6. The number of amides is 1. The summed E-state index contributed by atoms with van der Waals surface area (Å²) in [6.45, 7) is 4.05. The summed E-state index contributed by atoms with van der Waals surface area (Å²) < 4.78 is 6.21. The molecule has 24 heavy (non-hydrogen) atoms. The molecule has 0 aliphatic rings. The van der Waals surface area contributed by atoms with E-state index in [0.29, 0.717) is 16.8 Å². The first kappa shape index (κ1) is 16.2. The number of nitrogens with one attached hydrogen (secondary N) is 1. The van der Waals surface area contributed by atoms with Gasteiger partial charge in [-0.1, -0.05) is 12.1 Å². The molecule has 0 atom stereocenters. The topological polar surface area (TPSA) is 73.2 Å². The largest absolute Gasteiger partial charge is 0.497 e. The van der Waals surface area contributed by atoms with Crippen molar-refractivity contribution in [1.29, 1.82) is 0 Å². The highest BCUT2D eigenvalue weighted by Gasteiger charge is 2.16. The molecular weight excluding hydrogens is 326 g/mol. The Hall–Kier alpha value is -2.67. The second-order valence-electron chi connectivity index (χ2n) is 5.46. The summed E-state index contributed by atoms with van der Waals surface area (Å²) in [5, 5.41) is 3.26. The molecule has 1 N–H and O–H groups in total. The Labute approximate surface area is 142 Å². The lowest BCUT2D eigenvalue weighted by molar-refractivity contribution is 0.243. The molecular formula is C17H17N3O3S. The van der Waals surface area contributed by atoms with E-state index in [1.165, 1.54) is 0 Å². The summed E-state index contributed by atoms with van der Waals surface area (Å²) in [6, 6.07) is 8.77. The van der Waals surface area contributed by atoms with Crippen LogP contribution in [0.1, 0.15) is 16.8 Å². The molecule has 0 saturated carbocycles. The number of methoxy groups -OCH3 is 1. The molecule has 0 saturated heterocycles. The predicted molar refractivity (Wildman–Crippen MR) is 94.0 cm³/mol. The maximum Gasteiger partial charge on any atom is 0.338 e. The third kappa shape index (κ3) is 3.03. The van der Waals surface area contributed by atoms with Gasteiger partial charge < -0.3 is 10.1 Å². The van der Waals surface area contributed by atoms with Crippen LogP contribution in [0, 0.1) is 13.8 Å². The molecule has 0 aliphatic carbocycles. The van der Waals surface area contributed by atoms with Gasteiger partial charge in [-0.2, -0.15) is 3.96 Å². The molecule has 2 heterocycles. The van der Waals surface area contributed by atoms with Gasteiger partial charge in [0.1, 0.15) is 10.6 Å². The predicted octanol–water partition coefficient (Wildman–Crippen LogP) is 2.84.